The lowest BCUT2D eigenvalue weighted by atomic mass is 9.99. The zero-order valence-corrected chi connectivity index (χ0v) is 15.4. The summed E-state index contributed by atoms with van der Waals surface area (Å²) in [5.41, 5.74) is 4.96. The van der Waals surface area contributed by atoms with Crippen LogP contribution in [0.15, 0.2) is 53.1 Å². The summed E-state index contributed by atoms with van der Waals surface area (Å²) in [4.78, 5) is 0. The molecule has 0 aliphatic rings. The molecule has 0 atom stereocenters. The number of benzene rings is 2. The minimum Gasteiger partial charge on any atom is -0.456 e. The summed E-state index contributed by atoms with van der Waals surface area (Å²) in [6.45, 7) is 5.81. The third-order valence-corrected chi connectivity index (χ3v) is 4.65. The summed E-state index contributed by atoms with van der Waals surface area (Å²) < 4.78 is 38.0. The Morgan fingerprint density at radius 1 is 1.08 bits per heavy atom. The molecule has 0 aliphatic heterocycles. The van der Waals surface area contributed by atoms with Gasteiger partial charge in [-0.15, -0.1) is 0 Å². The lowest BCUT2D eigenvalue weighted by molar-refractivity contribution is -0.660. The monoisotopic (exact) mass is 350 g/mol. The Labute approximate surface area is 155 Å². The van der Waals surface area contributed by atoms with Crippen molar-refractivity contribution in [3.8, 4) is 11.3 Å². The van der Waals surface area contributed by atoms with Crippen molar-refractivity contribution in [3.05, 3.63) is 65.6 Å². The third-order valence-electron chi connectivity index (χ3n) is 4.65. The zero-order valence-electron chi connectivity index (χ0n) is 17.4. The molecule has 2 aromatic heterocycles. The second-order valence-corrected chi connectivity index (χ2v) is 7.12. The van der Waals surface area contributed by atoms with E-state index in [-0.39, 0.29) is 11.7 Å². The van der Waals surface area contributed by atoms with Crippen molar-refractivity contribution in [2.24, 2.45) is 13.0 Å². The average molecular weight is 350 g/mol. The van der Waals surface area contributed by atoms with E-state index in [1.54, 1.807) is 6.07 Å². The van der Waals surface area contributed by atoms with Crippen LogP contribution in [0.25, 0.3) is 33.2 Å². The van der Waals surface area contributed by atoms with Crippen molar-refractivity contribution in [2.45, 2.75) is 27.1 Å². The standard InChI is InChI=1S/C23H23FNO/c1-14(2)9-16-5-8-21(25(4)13-16)19-12-23-20(10-15(19)3)18-7-6-17(24)11-22(18)26-23/h5-8,10-14H,9H2,1-4H3/q+1/i9D2. The van der Waals surface area contributed by atoms with Crippen molar-refractivity contribution in [2.75, 3.05) is 0 Å². The van der Waals surface area contributed by atoms with E-state index in [2.05, 4.69) is 6.07 Å². The van der Waals surface area contributed by atoms with Crippen molar-refractivity contribution >= 4 is 21.9 Å². The summed E-state index contributed by atoms with van der Waals surface area (Å²) in [7, 11) is 1.92. The normalized spacial score (nSPS) is 13.5. The molecule has 4 aromatic rings. The molecule has 132 valence electrons. The van der Waals surface area contributed by atoms with E-state index in [4.69, 9.17) is 7.16 Å². The predicted molar refractivity (Wildman–Crippen MR) is 104 cm³/mol. The first-order valence-corrected chi connectivity index (χ1v) is 8.81. The molecule has 0 spiro atoms. The highest BCUT2D eigenvalue weighted by atomic mass is 19.1. The smallest absolute Gasteiger partial charge is 0.212 e. The molecule has 4 rings (SSSR count). The number of hydrogen-bond acceptors (Lipinski definition) is 1. The first-order valence-electron chi connectivity index (χ1n) is 9.81. The van der Waals surface area contributed by atoms with E-state index in [1.807, 2.05) is 56.8 Å². The van der Waals surface area contributed by atoms with Crippen LogP contribution in [0.3, 0.4) is 0 Å². The van der Waals surface area contributed by atoms with Crippen LogP contribution in [0.2, 0.25) is 0 Å². The summed E-state index contributed by atoms with van der Waals surface area (Å²) in [6, 6.07) is 12.5. The SMILES string of the molecule is [2H]C([2H])(c1ccc(-c2cc3oc4cc(F)ccc4c3cc2C)[n+](C)c1)C(C)C. The van der Waals surface area contributed by atoms with Crippen LogP contribution in [-0.4, -0.2) is 0 Å². The largest absolute Gasteiger partial charge is 0.456 e. The third kappa shape index (κ3) is 2.88. The molecule has 26 heavy (non-hydrogen) atoms. The van der Waals surface area contributed by atoms with Gasteiger partial charge >= 0.3 is 0 Å². The summed E-state index contributed by atoms with van der Waals surface area (Å²) in [5.74, 6) is -0.433. The molecule has 0 saturated heterocycles. The van der Waals surface area contributed by atoms with Crippen molar-refractivity contribution in [3.63, 3.8) is 0 Å². The number of nitrogens with zero attached hydrogens (tertiary/aromatic N) is 1. The van der Waals surface area contributed by atoms with Gasteiger partial charge in [-0.1, -0.05) is 13.8 Å². The maximum Gasteiger partial charge on any atom is 0.212 e. The molecular weight excluding hydrogens is 325 g/mol. The van der Waals surface area contributed by atoms with Gasteiger partial charge in [-0.05, 0) is 55.1 Å². The van der Waals surface area contributed by atoms with E-state index in [0.29, 0.717) is 16.7 Å². The quantitative estimate of drug-likeness (QED) is 0.432. The van der Waals surface area contributed by atoms with Crippen LogP contribution in [0.4, 0.5) is 4.39 Å². The number of halogens is 1. The molecule has 0 aliphatic carbocycles. The second-order valence-electron chi connectivity index (χ2n) is 7.12. The average Bonchev–Trinajstić information content (AvgIpc) is 2.97. The molecule has 0 bridgehead atoms. The number of rotatable bonds is 3. The Morgan fingerprint density at radius 3 is 2.58 bits per heavy atom. The topological polar surface area (TPSA) is 17.0 Å². The maximum atomic E-state index is 13.5. The molecular formula is C23H23FNO+. The van der Waals surface area contributed by atoms with Gasteiger partial charge in [-0.3, -0.25) is 0 Å². The summed E-state index contributed by atoms with van der Waals surface area (Å²) >= 11 is 0. The Kier molecular flexibility index (Phi) is 3.48. The molecule has 0 radical (unpaired) electrons. The van der Waals surface area contributed by atoms with Gasteiger partial charge in [-0.2, -0.15) is 0 Å². The van der Waals surface area contributed by atoms with Gasteiger partial charge in [0, 0.05) is 31.2 Å². The number of hydrogen-bond donors (Lipinski definition) is 0. The number of aryl methyl sites for hydroxylation is 2. The fourth-order valence-corrected chi connectivity index (χ4v) is 3.49. The lowest BCUT2D eigenvalue weighted by Crippen LogP contribution is -2.31. The predicted octanol–water partition coefficient (Wildman–Crippen LogP) is 5.72. The second kappa shape index (κ2) is 6.24. The van der Waals surface area contributed by atoms with E-state index in [0.717, 1.165) is 27.6 Å². The van der Waals surface area contributed by atoms with Crippen molar-refractivity contribution < 1.29 is 16.1 Å². The molecule has 0 saturated carbocycles. The van der Waals surface area contributed by atoms with Gasteiger partial charge in [0.1, 0.15) is 24.0 Å². The molecule has 0 unspecified atom stereocenters. The molecule has 3 heteroatoms. The van der Waals surface area contributed by atoms with E-state index >= 15 is 0 Å². The van der Waals surface area contributed by atoms with Crippen LogP contribution in [0.5, 0.6) is 0 Å². The molecule has 0 fully saturated rings. The fraction of sp³-hybridized carbons (Fsp3) is 0.261. The van der Waals surface area contributed by atoms with Crippen LogP contribution < -0.4 is 4.57 Å². The minimum atomic E-state index is -1.39. The number of pyridine rings is 1. The molecule has 2 heterocycles. The van der Waals surface area contributed by atoms with E-state index in [9.17, 15) is 4.39 Å². The van der Waals surface area contributed by atoms with Gasteiger partial charge in [0.15, 0.2) is 6.20 Å². The highest BCUT2D eigenvalue weighted by Gasteiger charge is 2.17. The number of aromatic nitrogens is 1. The lowest BCUT2D eigenvalue weighted by Gasteiger charge is -2.08. The molecule has 0 N–H and O–H groups in total. The highest BCUT2D eigenvalue weighted by Crippen LogP contribution is 2.34. The van der Waals surface area contributed by atoms with E-state index < -0.39 is 6.37 Å². The van der Waals surface area contributed by atoms with Gasteiger partial charge in [-0.25, -0.2) is 8.96 Å². The van der Waals surface area contributed by atoms with Gasteiger partial charge in [0.25, 0.3) is 0 Å². The highest BCUT2D eigenvalue weighted by molar-refractivity contribution is 6.06. The van der Waals surface area contributed by atoms with Crippen LogP contribution in [0.1, 0.15) is 27.7 Å². The van der Waals surface area contributed by atoms with Gasteiger partial charge in [0.2, 0.25) is 5.69 Å². The number of furan rings is 1. The number of fused-ring (bicyclic) bond motifs is 3. The minimum absolute atomic E-state index is 0.118. The summed E-state index contributed by atoms with van der Waals surface area (Å²) in [6.07, 6.45) is 0.463. The van der Waals surface area contributed by atoms with E-state index in [1.165, 1.54) is 12.1 Å². The Morgan fingerprint density at radius 2 is 1.85 bits per heavy atom. The first-order chi connectivity index (χ1) is 13.2. The molecule has 2 nitrogen and oxygen atoms in total. The van der Waals surface area contributed by atoms with Crippen LogP contribution in [0, 0.1) is 18.7 Å². The van der Waals surface area contributed by atoms with Crippen LogP contribution in [-0.2, 0) is 13.4 Å². The Bertz CT molecular complexity index is 1210. The zero-order chi connectivity index (χ0) is 20.2. The molecule has 2 aromatic carbocycles. The van der Waals surface area contributed by atoms with Crippen LogP contribution >= 0.6 is 0 Å². The van der Waals surface area contributed by atoms with Gasteiger partial charge in [0.05, 0.1) is 5.56 Å². The first kappa shape index (κ1) is 14.5. The van der Waals surface area contributed by atoms with Crippen molar-refractivity contribution in [1.82, 2.24) is 0 Å². The fourth-order valence-electron chi connectivity index (χ4n) is 3.49. The molecule has 0 amide bonds. The Hall–Kier alpha value is -2.68. The van der Waals surface area contributed by atoms with Gasteiger partial charge < -0.3 is 4.42 Å². The van der Waals surface area contributed by atoms with Crippen molar-refractivity contribution in [1.29, 1.82) is 0 Å². The maximum absolute atomic E-state index is 13.5. The Balaban J connectivity index is 1.87. The summed E-state index contributed by atoms with van der Waals surface area (Å²) in [5, 5.41) is 1.86.